The third-order valence-corrected chi connectivity index (χ3v) is 10.9. The van der Waals surface area contributed by atoms with E-state index in [-0.39, 0.29) is 5.54 Å². The molecule has 0 atom stereocenters. The molecule has 8 nitrogen and oxygen atoms in total. The van der Waals surface area contributed by atoms with Crippen LogP contribution < -0.4 is 5.73 Å². The van der Waals surface area contributed by atoms with Gasteiger partial charge >= 0.3 is 0 Å². The average molecular weight is 813 g/mol. The highest BCUT2D eigenvalue weighted by Gasteiger charge is 2.31. The molecule has 0 heterocycles. The molecule has 0 fully saturated rings. The minimum atomic E-state index is -4.41. The third-order valence-electron chi connectivity index (χ3n) is 10.5. The zero-order valence-corrected chi connectivity index (χ0v) is 35.2. The molecule has 0 aliphatic rings. The predicted octanol–water partition coefficient (Wildman–Crippen LogP) is 7.64. The Balaban J connectivity index is 0.00000102. The number of benzene rings is 6. The van der Waals surface area contributed by atoms with Gasteiger partial charge in [0.15, 0.2) is 0 Å². The summed E-state index contributed by atoms with van der Waals surface area (Å²) in [4.78, 5) is 7.95. The van der Waals surface area contributed by atoms with Gasteiger partial charge in [-0.3, -0.25) is 18.9 Å². The minimum absolute atomic E-state index is 0.114. The lowest BCUT2D eigenvalue weighted by atomic mass is 9.82. The van der Waals surface area contributed by atoms with Crippen LogP contribution in [0.5, 0.6) is 0 Å². The summed E-state index contributed by atoms with van der Waals surface area (Å²) in [6, 6.07) is 65.7. The molecule has 0 unspecified atom stereocenters. The smallest absolute Gasteiger partial charge is 0.217 e. The Morgan fingerprint density at radius 2 is 0.678 bits per heavy atom. The molecule has 0 radical (unpaired) electrons. The van der Waals surface area contributed by atoms with Crippen molar-refractivity contribution >= 4 is 10.4 Å². The van der Waals surface area contributed by atoms with E-state index >= 15 is 0 Å². The fraction of sp³-hybridized carbons (Fsp3) is 0.280. The van der Waals surface area contributed by atoms with E-state index in [4.69, 9.17) is 5.73 Å². The van der Waals surface area contributed by atoms with E-state index in [1.807, 2.05) is 0 Å². The molecular formula is C50H60N4O4S. The highest BCUT2D eigenvalue weighted by molar-refractivity contribution is 7.80. The van der Waals surface area contributed by atoms with Gasteiger partial charge in [-0.05, 0) is 33.4 Å². The fourth-order valence-electron chi connectivity index (χ4n) is 7.38. The van der Waals surface area contributed by atoms with Gasteiger partial charge in [-0.25, -0.2) is 8.42 Å². The lowest BCUT2D eigenvalue weighted by Crippen LogP contribution is -2.75. The molecule has 0 bridgehead atoms. The summed E-state index contributed by atoms with van der Waals surface area (Å²) in [5.41, 5.74) is 13.0. The number of hydrogen-bond donors (Lipinski definition) is 1. The first-order chi connectivity index (χ1) is 28.6. The van der Waals surface area contributed by atoms with E-state index in [0.717, 1.165) is 85.3 Å². The molecule has 0 aliphatic carbocycles. The Morgan fingerprint density at radius 3 is 0.966 bits per heavy atom. The lowest BCUT2D eigenvalue weighted by Gasteiger charge is -2.33. The summed E-state index contributed by atoms with van der Waals surface area (Å²) in [7, 11) is -3.60. The molecule has 6 rings (SSSR count). The summed E-state index contributed by atoms with van der Waals surface area (Å²) in [6.45, 7) is 8.70. The standard InChI is InChI=1S/C49H56N4.CH4O4S/c50-49(37-43-19-7-1-8-20-43,38-44-21-9-2-10-22-44)31-32-51(39-45-23-11-3-12-24-45)33-34-52(40-46-25-13-4-14-26-46)35-36-53(41-47-27-15-5-16-28-47)42-48-29-17-6-18-30-48;1-5-6(2,3)4/h1-30H,31-42,50H2;1H3,(H,2,3,4). The summed E-state index contributed by atoms with van der Waals surface area (Å²) in [6.07, 6.45) is 2.94. The largest absolute Gasteiger partial charge is 0.726 e. The average Bonchev–Trinajstić information content (AvgIpc) is 3.25. The molecule has 310 valence electrons. The van der Waals surface area contributed by atoms with Gasteiger partial charge in [0.25, 0.3) is 0 Å². The van der Waals surface area contributed by atoms with Crippen molar-refractivity contribution < 1.29 is 22.9 Å². The second kappa shape index (κ2) is 24.2. The van der Waals surface area contributed by atoms with Crippen LogP contribution in [-0.4, -0.2) is 73.0 Å². The van der Waals surface area contributed by atoms with Crippen LogP contribution in [0.3, 0.4) is 0 Å². The highest BCUT2D eigenvalue weighted by atomic mass is 32.3. The van der Waals surface area contributed by atoms with Crippen molar-refractivity contribution in [2.24, 2.45) is 0 Å². The monoisotopic (exact) mass is 812 g/mol. The Hall–Kier alpha value is -4.97. The van der Waals surface area contributed by atoms with Gasteiger partial charge in [-0.15, -0.1) is 0 Å². The van der Waals surface area contributed by atoms with Crippen LogP contribution in [0.1, 0.15) is 39.8 Å². The van der Waals surface area contributed by atoms with Crippen molar-refractivity contribution in [2.75, 3.05) is 39.8 Å². The van der Waals surface area contributed by atoms with Gasteiger partial charge in [-0.1, -0.05) is 182 Å². The van der Waals surface area contributed by atoms with Crippen molar-refractivity contribution in [1.29, 1.82) is 0 Å². The van der Waals surface area contributed by atoms with Crippen LogP contribution in [0.4, 0.5) is 0 Å². The van der Waals surface area contributed by atoms with Crippen LogP contribution in [0, 0.1) is 0 Å². The van der Waals surface area contributed by atoms with Crippen molar-refractivity contribution in [3.8, 4) is 0 Å². The van der Waals surface area contributed by atoms with E-state index in [2.05, 4.69) is 201 Å². The number of hydrogen-bond acceptors (Lipinski definition) is 7. The molecule has 6 aromatic rings. The maximum Gasteiger partial charge on any atom is 0.217 e. The van der Waals surface area contributed by atoms with E-state index in [9.17, 15) is 13.0 Å². The van der Waals surface area contributed by atoms with E-state index < -0.39 is 10.4 Å². The SMILES string of the molecule is COS(=O)(=O)[O-].[NH3+]C(CCN(CCN(CCN(Cc1ccccc1)Cc1ccccc1)Cc1ccccc1)Cc1ccccc1)(Cc1ccccc1)Cc1ccccc1. The Labute approximate surface area is 352 Å². The Kier molecular flexibility index (Phi) is 18.5. The maximum absolute atomic E-state index is 9.22. The molecule has 9 heteroatoms. The molecule has 0 aliphatic heterocycles. The van der Waals surface area contributed by atoms with Crippen LogP contribution in [0.2, 0.25) is 0 Å². The molecule has 0 spiro atoms. The number of rotatable bonds is 22. The van der Waals surface area contributed by atoms with Crippen LogP contribution in [0.25, 0.3) is 0 Å². The van der Waals surface area contributed by atoms with Crippen LogP contribution in [-0.2, 0) is 53.6 Å². The first-order valence-corrected chi connectivity index (χ1v) is 21.8. The third kappa shape index (κ3) is 17.8. The minimum Gasteiger partial charge on any atom is -0.726 e. The van der Waals surface area contributed by atoms with Gasteiger partial charge in [0, 0.05) is 78.2 Å². The molecule has 0 saturated carbocycles. The van der Waals surface area contributed by atoms with Crippen LogP contribution in [0.15, 0.2) is 182 Å². The zero-order valence-electron chi connectivity index (χ0n) is 34.4. The van der Waals surface area contributed by atoms with E-state index in [1.54, 1.807) is 0 Å². The lowest BCUT2D eigenvalue weighted by molar-refractivity contribution is -0.479. The highest BCUT2D eigenvalue weighted by Crippen LogP contribution is 2.21. The van der Waals surface area contributed by atoms with E-state index in [0.29, 0.717) is 0 Å². The van der Waals surface area contributed by atoms with Crippen molar-refractivity contribution in [1.82, 2.24) is 14.7 Å². The summed E-state index contributed by atoms with van der Waals surface area (Å²) in [5, 5.41) is 0. The summed E-state index contributed by atoms with van der Waals surface area (Å²) >= 11 is 0. The van der Waals surface area contributed by atoms with Gasteiger partial charge in [0.2, 0.25) is 10.4 Å². The molecule has 0 saturated heterocycles. The number of quaternary nitrogens is 1. The zero-order chi connectivity index (χ0) is 41.6. The topological polar surface area (TPSA) is 104 Å². The molecule has 6 aromatic carbocycles. The van der Waals surface area contributed by atoms with Crippen molar-refractivity contribution in [2.45, 2.75) is 51.0 Å². The maximum atomic E-state index is 9.22. The molecule has 3 N–H and O–H groups in total. The first-order valence-electron chi connectivity index (χ1n) is 20.4. The van der Waals surface area contributed by atoms with E-state index in [1.165, 1.54) is 33.4 Å². The van der Waals surface area contributed by atoms with Crippen molar-refractivity contribution in [3.05, 3.63) is 215 Å². The fourth-order valence-corrected chi connectivity index (χ4v) is 7.38. The summed E-state index contributed by atoms with van der Waals surface area (Å²) in [5.74, 6) is 0. The Bertz CT molecular complexity index is 2030. The van der Waals surface area contributed by atoms with Crippen molar-refractivity contribution in [3.63, 3.8) is 0 Å². The van der Waals surface area contributed by atoms with Gasteiger partial charge < -0.3 is 10.3 Å². The normalized spacial score (nSPS) is 11.8. The molecule has 0 aromatic heterocycles. The summed E-state index contributed by atoms with van der Waals surface area (Å²) < 4.78 is 31.0. The molecule has 59 heavy (non-hydrogen) atoms. The number of nitrogens with zero attached hydrogens (tertiary/aromatic N) is 3. The van der Waals surface area contributed by atoms with Gasteiger partial charge in [0.05, 0.1) is 7.11 Å². The van der Waals surface area contributed by atoms with Gasteiger partial charge in [-0.2, -0.15) is 0 Å². The molecular weight excluding hydrogens is 753 g/mol. The molecule has 0 amide bonds. The Morgan fingerprint density at radius 1 is 0.441 bits per heavy atom. The van der Waals surface area contributed by atoms with Gasteiger partial charge in [0.1, 0.15) is 5.54 Å². The van der Waals surface area contributed by atoms with Crippen LogP contribution >= 0.6 is 0 Å². The predicted molar refractivity (Wildman–Crippen MR) is 238 cm³/mol. The quantitative estimate of drug-likeness (QED) is 0.0556. The first kappa shape index (κ1) is 45.1. The second-order valence-corrected chi connectivity index (χ2v) is 16.5. The second-order valence-electron chi connectivity index (χ2n) is 15.4.